The summed E-state index contributed by atoms with van der Waals surface area (Å²) in [6, 6.07) is 11.5. The number of hydrogen-bond acceptors (Lipinski definition) is 5. The third-order valence-corrected chi connectivity index (χ3v) is 4.12. The van der Waals surface area contributed by atoms with Crippen LogP contribution in [-0.4, -0.2) is 21.5 Å². The van der Waals surface area contributed by atoms with Gasteiger partial charge in [-0.25, -0.2) is 14.4 Å². The smallest absolute Gasteiger partial charge is 0.234 e. The van der Waals surface area contributed by atoms with Crippen molar-refractivity contribution in [3.05, 3.63) is 72.6 Å². The summed E-state index contributed by atoms with van der Waals surface area (Å²) >= 11 is 0. The predicted octanol–water partition coefficient (Wildman–Crippen LogP) is 3.71. The van der Waals surface area contributed by atoms with Crippen LogP contribution in [0.4, 0.5) is 10.1 Å². The molecular formula is C20H17FN4O2. The Balaban J connectivity index is 1.56. The molecule has 4 aromatic rings. The third-order valence-electron chi connectivity index (χ3n) is 4.12. The molecule has 2 heterocycles. The lowest BCUT2D eigenvalue weighted by molar-refractivity contribution is 0.301. The van der Waals surface area contributed by atoms with Crippen LogP contribution >= 0.6 is 0 Å². The fourth-order valence-electron chi connectivity index (χ4n) is 2.75. The van der Waals surface area contributed by atoms with Gasteiger partial charge in [-0.05, 0) is 42.0 Å². The topological polar surface area (TPSA) is 74.7 Å². The van der Waals surface area contributed by atoms with Crippen LogP contribution in [0.3, 0.4) is 0 Å². The Bertz CT molecular complexity index is 1090. The Hall–Kier alpha value is -3.61. The molecular weight excluding hydrogens is 347 g/mol. The summed E-state index contributed by atoms with van der Waals surface area (Å²) in [7, 11) is 1.58. The minimum Gasteiger partial charge on any atom is -0.495 e. The first-order valence-corrected chi connectivity index (χ1v) is 8.28. The molecule has 4 rings (SSSR count). The normalized spacial score (nSPS) is 10.9. The average molecular weight is 364 g/mol. The number of nitrogen functional groups attached to an aromatic ring is 1. The number of fused-ring (bicyclic) bond motifs is 1. The SMILES string of the molecule is COc1ccc(-c2cnc3nc(COc4ccc(F)cc4)cn3c2)cc1N. The van der Waals surface area contributed by atoms with Crippen LogP contribution in [-0.2, 0) is 6.61 Å². The van der Waals surface area contributed by atoms with Crippen molar-refractivity contribution in [1.82, 2.24) is 14.4 Å². The van der Waals surface area contributed by atoms with E-state index in [2.05, 4.69) is 9.97 Å². The number of nitrogens with zero attached hydrogens (tertiary/aromatic N) is 3. The number of halogens is 1. The molecule has 0 unspecified atom stereocenters. The molecule has 0 aliphatic heterocycles. The second-order valence-corrected chi connectivity index (χ2v) is 5.98. The highest BCUT2D eigenvalue weighted by atomic mass is 19.1. The van der Waals surface area contributed by atoms with E-state index < -0.39 is 0 Å². The highest BCUT2D eigenvalue weighted by Crippen LogP contribution is 2.28. The number of benzene rings is 2. The second kappa shape index (κ2) is 6.95. The third kappa shape index (κ3) is 3.52. The van der Waals surface area contributed by atoms with Crippen LogP contribution in [0.2, 0.25) is 0 Å². The van der Waals surface area contributed by atoms with E-state index in [0.29, 0.717) is 23.0 Å². The summed E-state index contributed by atoms with van der Waals surface area (Å²) < 4.78 is 25.6. The van der Waals surface area contributed by atoms with E-state index in [1.54, 1.807) is 25.4 Å². The summed E-state index contributed by atoms with van der Waals surface area (Å²) in [5.41, 5.74) is 9.10. The van der Waals surface area contributed by atoms with Crippen LogP contribution in [0, 0.1) is 5.82 Å². The molecule has 27 heavy (non-hydrogen) atoms. The summed E-state index contributed by atoms with van der Waals surface area (Å²) in [6.07, 6.45) is 5.52. The average Bonchev–Trinajstić information content (AvgIpc) is 3.09. The van der Waals surface area contributed by atoms with Crippen molar-refractivity contribution in [3.63, 3.8) is 0 Å². The zero-order valence-corrected chi connectivity index (χ0v) is 14.6. The molecule has 2 N–H and O–H groups in total. The van der Waals surface area contributed by atoms with Crippen molar-refractivity contribution in [1.29, 1.82) is 0 Å². The van der Waals surface area contributed by atoms with Crippen LogP contribution in [0.5, 0.6) is 11.5 Å². The molecule has 6 nitrogen and oxygen atoms in total. The van der Waals surface area contributed by atoms with E-state index in [-0.39, 0.29) is 12.4 Å². The molecule has 136 valence electrons. The van der Waals surface area contributed by atoms with Crippen molar-refractivity contribution in [3.8, 4) is 22.6 Å². The number of methoxy groups -OCH3 is 1. The van der Waals surface area contributed by atoms with Gasteiger partial charge in [0.15, 0.2) is 0 Å². The molecule has 0 fully saturated rings. The van der Waals surface area contributed by atoms with Gasteiger partial charge in [-0.3, -0.25) is 4.40 Å². The number of ether oxygens (including phenoxy) is 2. The van der Waals surface area contributed by atoms with Crippen LogP contribution in [0.25, 0.3) is 16.9 Å². The number of hydrogen-bond donors (Lipinski definition) is 1. The number of rotatable bonds is 5. The lowest BCUT2D eigenvalue weighted by Crippen LogP contribution is -1.95. The largest absolute Gasteiger partial charge is 0.495 e. The Labute approximate surface area is 155 Å². The molecule has 0 radical (unpaired) electrons. The fraction of sp³-hybridized carbons (Fsp3) is 0.100. The molecule has 7 heteroatoms. The monoisotopic (exact) mass is 364 g/mol. The second-order valence-electron chi connectivity index (χ2n) is 5.98. The quantitative estimate of drug-likeness (QED) is 0.547. The van der Waals surface area contributed by atoms with Crippen molar-refractivity contribution in [2.45, 2.75) is 6.61 Å². The Kier molecular flexibility index (Phi) is 4.33. The van der Waals surface area contributed by atoms with Gasteiger partial charge in [-0.1, -0.05) is 6.07 Å². The highest BCUT2D eigenvalue weighted by Gasteiger charge is 2.08. The molecule has 0 bridgehead atoms. The van der Waals surface area contributed by atoms with Crippen LogP contribution < -0.4 is 15.2 Å². The minimum absolute atomic E-state index is 0.264. The van der Waals surface area contributed by atoms with Crippen molar-refractivity contribution < 1.29 is 13.9 Å². The molecule has 0 aliphatic rings. The Morgan fingerprint density at radius 3 is 2.63 bits per heavy atom. The fourth-order valence-corrected chi connectivity index (χ4v) is 2.75. The molecule has 0 saturated heterocycles. The zero-order chi connectivity index (χ0) is 18.8. The molecule has 0 saturated carbocycles. The predicted molar refractivity (Wildman–Crippen MR) is 100 cm³/mol. The van der Waals surface area contributed by atoms with Crippen molar-refractivity contribution >= 4 is 11.5 Å². The van der Waals surface area contributed by atoms with Gasteiger partial charge in [-0.15, -0.1) is 0 Å². The van der Waals surface area contributed by atoms with Gasteiger partial charge >= 0.3 is 0 Å². The molecule has 0 spiro atoms. The van der Waals surface area contributed by atoms with Crippen molar-refractivity contribution in [2.75, 3.05) is 12.8 Å². The maximum atomic E-state index is 12.9. The molecule has 0 amide bonds. The van der Waals surface area contributed by atoms with Gasteiger partial charge < -0.3 is 15.2 Å². The maximum absolute atomic E-state index is 12.9. The highest BCUT2D eigenvalue weighted by molar-refractivity contribution is 5.70. The van der Waals surface area contributed by atoms with E-state index in [1.807, 2.05) is 35.0 Å². The van der Waals surface area contributed by atoms with Gasteiger partial charge in [0.2, 0.25) is 5.78 Å². The lowest BCUT2D eigenvalue weighted by atomic mass is 10.1. The summed E-state index contributed by atoms with van der Waals surface area (Å²) in [6.45, 7) is 0.264. The number of imidazole rings is 1. The zero-order valence-electron chi connectivity index (χ0n) is 14.6. The molecule has 0 atom stereocenters. The summed E-state index contributed by atoms with van der Waals surface area (Å²) in [5.74, 6) is 1.48. The van der Waals surface area contributed by atoms with Gasteiger partial charge in [0.05, 0.1) is 18.5 Å². The van der Waals surface area contributed by atoms with Gasteiger partial charge in [0.25, 0.3) is 0 Å². The number of anilines is 1. The van der Waals surface area contributed by atoms with Gasteiger partial charge in [0.1, 0.15) is 23.9 Å². The maximum Gasteiger partial charge on any atom is 0.234 e. The van der Waals surface area contributed by atoms with E-state index in [9.17, 15) is 4.39 Å². The standard InChI is InChI=1S/C20H17FN4O2/c1-26-19-7-2-13(8-18(19)22)14-9-23-20-24-16(11-25(20)10-14)12-27-17-5-3-15(21)4-6-17/h2-11H,12,22H2,1H3. The Morgan fingerprint density at radius 1 is 1.07 bits per heavy atom. The molecule has 2 aromatic carbocycles. The van der Waals surface area contributed by atoms with E-state index in [4.69, 9.17) is 15.2 Å². The Morgan fingerprint density at radius 2 is 1.89 bits per heavy atom. The van der Waals surface area contributed by atoms with Crippen molar-refractivity contribution in [2.24, 2.45) is 0 Å². The van der Waals surface area contributed by atoms with Gasteiger partial charge in [-0.2, -0.15) is 0 Å². The first-order chi connectivity index (χ1) is 13.1. The van der Waals surface area contributed by atoms with Crippen LogP contribution in [0.1, 0.15) is 5.69 Å². The van der Waals surface area contributed by atoms with Crippen LogP contribution in [0.15, 0.2) is 61.1 Å². The lowest BCUT2D eigenvalue weighted by Gasteiger charge is -2.07. The number of nitrogens with two attached hydrogens (primary N) is 1. The van der Waals surface area contributed by atoms with E-state index >= 15 is 0 Å². The van der Waals surface area contributed by atoms with E-state index in [1.165, 1.54) is 12.1 Å². The number of aromatic nitrogens is 3. The molecule has 2 aromatic heterocycles. The summed E-state index contributed by atoms with van der Waals surface area (Å²) in [4.78, 5) is 8.82. The minimum atomic E-state index is -0.300. The van der Waals surface area contributed by atoms with E-state index in [0.717, 1.165) is 16.8 Å². The molecule has 0 aliphatic carbocycles. The summed E-state index contributed by atoms with van der Waals surface area (Å²) in [5, 5.41) is 0. The first kappa shape index (κ1) is 16.8. The van der Waals surface area contributed by atoms with Gasteiger partial charge in [0, 0.05) is 24.2 Å². The first-order valence-electron chi connectivity index (χ1n) is 8.28.